The molecule has 15 heavy (non-hydrogen) atoms. The predicted molar refractivity (Wildman–Crippen MR) is 65.8 cm³/mol. The summed E-state index contributed by atoms with van der Waals surface area (Å²) in [5, 5.41) is 7.30. The first kappa shape index (κ1) is 11.7. The van der Waals surface area contributed by atoms with Gasteiger partial charge in [-0.3, -0.25) is 19.7 Å². The first-order valence-corrected chi connectivity index (χ1v) is 7.44. The fourth-order valence-electron chi connectivity index (χ4n) is 2.13. The van der Waals surface area contributed by atoms with Gasteiger partial charge in [0.15, 0.2) is 0 Å². The van der Waals surface area contributed by atoms with Crippen molar-refractivity contribution in [2.24, 2.45) is 0 Å². The highest BCUT2D eigenvalue weighted by Crippen LogP contribution is 2.32. The summed E-state index contributed by atoms with van der Waals surface area (Å²) in [6, 6.07) is 0. The van der Waals surface area contributed by atoms with Gasteiger partial charge in [-0.15, -0.1) is 0 Å². The third-order valence-electron chi connectivity index (χ3n) is 3.11. The highest BCUT2D eigenvalue weighted by molar-refractivity contribution is 7.50. The molecule has 3 aliphatic heterocycles. The molecule has 3 saturated heterocycles. The highest BCUT2D eigenvalue weighted by atomic mass is 31.1. The summed E-state index contributed by atoms with van der Waals surface area (Å²) < 4.78 is 2.62. The molecule has 2 bridgehead atoms. The van der Waals surface area contributed by atoms with Crippen molar-refractivity contribution in [1.82, 2.24) is 19.7 Å². The van der Waals surface area contributed by atoms with Crippen molar-refractivity contribution in [3.8, 4) is 0 Å². The summed E-state index contributed by atoms with van der Waals surface area (Å²) in [6.45, 7) is 10.7. The minimum atomic E-state index is -0.246. The van der Waals surface area contributed by atoms with Crippen molar-refractivity contribution in [3.05, 3.63) is 0 Å². The second kappa shape index (κ2) is 6.12. The Balaban J connectivity index is 1.92. The standard InChI is InChI=1S/C10H23N4P/c1-2-3-6-14-10-9-13-7-4-11-15(14)12-5-8-13/h11-12H,2-10H2,1H3. The predicted octanol–water partition coefficient (Wildman–Crippen LogP) is 0.824. The van der Waals surface area contributed by atoms with Gasteiger partial charge in [0.25, 0.3) is 0 Å². The van der Waals surface area contributed by atoms with Crippen LogP contribution in [0.15, 0.2) is 0 Å². The van der Waals surface area contributed by atoms with Crippen molar-refractivity contribution < 1.29 is 0 Å². The number of nitrogens with zero attached hydrogens (tertiary/aromatic N) is 2. The number of nitrogens with one attached hydrogen (secondary N) is 2. The van der Waals surface area contributed by atoms with Crippen LogP contribution in [-0.4, -0.2) is 55.4 Å². The molecule has 88 valence electrons. The zero-order valence-electron chi connectivity index (χ0n) is 9.71. The number of fused-ring (bicyclic) bond motifs is 6. The summed E-state index contributed by atoms with van der Waals surface area (Å²) in [5.41, 5.74) is 0. The molecule has 5 heteroatoms. The smallest absolute Gasteiger partial charge is 0.114 e. The Morgan fingerprint density at radius 1 is 1.07 bits per heavy atom. The monoisotopic (exact) mass is 230 g/mol. The number of unbranched alkanes of at least 4 members (excludes halogenated alkanes) is 1. The van der Waals surface area contributed by atoms with Crippen LogP contribution >= 0.6 is 8.37 Å². The van der Waals surface area contributed by atoms with E-state index in [1.165, 1.54) is 45.6 Å². The molecule has 0 atom stereocenters. The molecular formula is C10H23N4P. The van der Waals surface area contributed by atoms with Crippen molar-refractivity contribution in [1.29, 1.82) is 0 Å². The van der Waals surface area contributed by atoms with Gasteiger partial charge < -0.3 is 0 Å². The minimum Gasteiger partial charge on any atom is -0.300 e. The van der Waals surface area contributed by atoms with E-state index in [0.717, 1.165) is 13.1 Å². The minimum absolute atomic E-state index is 0.246. The largest absolute Gasteiger partial charge is 0.300 e. The lowest BCUT2D eigenvalue weighted by molar-refractivity contribution is 0.236. The Bertz CT molecular complexity index is 180. The Morgan fingerprint density at radius 3 is 2.47 bits per heavy atom. The van der Waals surface area contributed by atoms with Crippen LogP contribution in [0.25, 0.3) is 0 Å². The third-order valence-corrected chi connectivity index (χ3v) is 5.12. The van der Waals surface area contributed by atoms with E-state index >= 15 is 0 Å². The lowest BCUT2D eigenvalue weighted by Crippen LogP contribution is -2.49. The molecule has 3 aliphatic rings. The van der Waals surface area contributed by atoms with Crippen molar-refractivity contribution >= 4 is 8.37 Å². The van der Waals surface area contributed by atoms with Gasteiger partial charge in [-0.2, -0.15) is 0 Å². The molecule has 3 rings (SSSR count). The van der Waals surface area contributed by atoms with Gasteiger partial charge >= 0.3 is 0 Å². The maximum absolute atomic E-state index is 3.65. The van der Waals surface area contributed by atoms with Crippen LogP contribution in [0.3, 0.4) is 0 Å². The second-order valence-electron chi connectivity index (χ2n) is 4.28. The van der Waals surface area contributed by atoms with E-state index in [1.807, 2.05) is 0 Å². The van der Waals surface area contributed by atoms with Crippen molar-refractivity contribution in [3.63, 3.8) is 0 Å². The first-order chi connectivity index (χ1) is 7.40. The zero-order valence-corrected chi connectivity index (χ0v) is 10.6. The van der Waals surface area contributed by atoms with Crippen LogP contribution in [0.1, 0.15) is 19.8 Å². The molecule has 0 aromatic heterocycles. The molecule has 3 fully saturated rings. The van der Waals surface area contributed by atoms with E-state index in [2.05, 4.69) is 26.7 Å². The summed E-state index contributed by atoms with van der Waals surface area (Å²) in [7, 11) is -0.246. The van der Waals surface area contributed by atoms with E-state index in [1.54, 1.807) is 0 Å². The molecule has 0 saturated carbocycles. The van der Waals surface area contributed by atoms with Crippen LogP contribution in [-0.2, 0) is 0 Å². The lowest BCUT2D eigenvalue weighted by Gasteiger charge is -2.40. The van der Waals surface area contributed by atoms with Crippen LogP contribution in [0.2, 0.25) is 0 Å². The van der Waals surface area contributed by atoms with Gasteiger partial charge in [0.1, 0.15) is 8.37 Å². The van der Waals surface area contributed by atoms with Crippen molar-refractivity contribution in [2.45, 2.75) is 19.8 Å². The van der Waals surface area contributed by atoms with E-state index in [9.17, 15) is 0 Å². The van der Waals surface area contributed by atoms with E-state index in [0.29, 0.717) is 0 Å². The van der Waals surface area contributed by atoms with Crippen LogP contribution in [0.4, 0.5) is 0 Å². The van der Waals surface area contributed by atoms with Gasteiger partial charge in [0, 0.05) is 45.8 Å². The molecule has 0 unspecified atom stereocenters. The molecule has 0 spiro atoms. The number of hydrogen-bond donors (Lipinski definition) is 2. The first-order valence-electron chi connectivity index (χ1n) is 6.14. The van der Waals surface area contributed by atoms with Gasteiger partial charge in [0.05, 0.1) is 0 Å². The third kappa shape index (κ3) is 3.36. The normalized spacial score (nSPS) is 33.4. The summed E-state index contributed by atoms with van der Waals surface area (Å²) in [6.07, 6.45) is 2.62. The highest BCUT2D eigenvalue weighted by Gasteiger charge is 2.23. The quantitative estimate of drug-likeness (QED) is 0.703. The molecule has 2 N–H and O–H groups in total. The maximum atomic E-state index is 3.65. The Hall–Kier alpha value is 0.270. The molecular weight excluding hydrogens is 207 g/mol. The van der Waals surface area contributed by atoms with Crippen LogP contribution < -0.4 is 10.2 Å². The molecule has 0 aromatic rings. The molecule has 3 heterocycles. The van der Waals surface area contributed by atoms with Gasteiger partial charge in [-0.05, 0) is 6.42 Å². The Labute approximate surface area is 94.3 Å². The molecule has 0 aliphatic carbocycles. The van der Waals surface area contributed by atoms with E-state index in [4.69, 9.17) is 0 Å². The Morgan fingerprint density at radius 2 is 1.80 bits per heavy atom. The van der Waals surface area contributed by atoms with E-state index in [-0.39, 0.29) is 8.37 Å². The fraction of sp³-hybridized carbons (Fsp3) is 1.00. The average Bonchev–Trinajstić information content (AvgIpc) is 2.14. The molecule has 0 amide bonds. The molecule has 4 nitrogen and oxygen atoms in total. The Kier molecular flexibility index (Phi) is 4.79. The SMILES string of the molecule is CCCCN1CCN2CCNP1NCC2. The van der Waals surface area contributed by atoms with Crippen LogP contribution in [0.5, 0.6) is 0 Å². The van der Waals surface area contributed by atoms with Crippen LogP contribution in [0, 0.1) is 0 Å². The van der Waals surface area contributed by atoms with Gasteiger partial charge in [-0.1, -0.05) is 13.3 Å². The summed E-state index contributed by atoms with van der Waals surface area (Å²) in [5.74, 6) is 0. The summed E-state index contributed by atoms with van der Waals surface area (Å²) in [4.78, 5) is 2.56. The molecule has 0 aromatic carbocycles. The van der Waals surface area contributed by atoms with E-state index < -0.39 is 0 Å². The molecule has 0 radical (unpaired) electrons. The van der Waals surface area contributed by atoms with Crippen molar-refractivity contribution in [2.75, 3.05) is 45.8 Å². The fourth-order valence-corrected chi connectivity index (χ4v) is 3.89. The second-order valence-corrected chi connectivity index (χ2v) is 6.10. The average molecular weight is 230 g/mol. The topological polar surface area (TPSA) is 30.5 Å². The summed E-state index contributed by atoms with van der Waals surface area (Å²) >= 11 is 0. The number of rotatable bonds is 3. The maximum Gasteiger partial charge on any atom is 0.114 e. The lowest BCUT2D eigenvalue weighted by atomic mass is 10.3. The van der Waals surface area contributed by atoms with Gasteiger partial charge in [-0.25, -0.2) is 0 Å². The number of hydrogen-bond acceptors (Lipinski definition) is 4. The van der Waals surface area contributed by atoms with Gasteiger partial charge in [0.2, 0.25) is 0 Å². The zero-order chi connectivity index (χ0) is 10.5.